The van der Waals surface area contributed by atoms with E-state index in [9.17, 15) is 9.59 Å². The highest BCUT2D eigenvalue weighted by Gasteiger charge is 2.30. The topological polar surface area (TPSA) is 55.4 Å². The molecule has 0 atom stereocenters. The number of rotatable bonds is 5. The number of carbonyl (C=O) groups is 2. The van der Waals surface area contributed by atoms with Gasteiger partial charge in [-0.3, -0.25) is 9.59 Å². The maximum atomic E-state index is 11.9. The third kappa shape index (κ3) is 4.41. The van der Waals surface area contributed by atoms with Crippen molar-refractivity contribution >= 4 is 11.7 Å². The van der Waals surface area contributed by atoms with Crippen LogP contribution < -0.4 is 5.32 Å². The van der Waals surface area contributed by atoms with E-state index in [1.165, 1.54) is 11.1 Å². The van der Waals surface area contributed by atoms with Crippen LogP contribution in [0.4, 0.5) is 0 Å². The number of hydrogen-bond donors (Lipinski definition) is 1. The van der Waals surface area contributed by atoms with Gasteiger partial charge < -0.3 is 10.1 Å². The lowest BCUT2D eigenvalue weighted by Gasteiger charge is -2.18. The second-order valence-corrected chi connectivity index (χ2v) is 7.74. The van der Waals surface area contributed by atoms with Crippen molar-refractivity contribution in [3.8, 4) is 0 Å². The highest BCUT2D eigenvalue weighted by Crippen LogP contribution is 2.35. The summed E-state index contributed by atoms with van der Waals surface area (Å²) in [4.78, 5) is 23.7. The van der Waals surface area contributed by atoms with Crippen LogP contribution in [0.2, 0.25) is 0 Å². The first-order chi connectivity index (χ1) is 10.6. The van der Waals surface area contributed by atoms with Crippen LogP contribution in [0.1, 0.15) is 64.2 Å². The number of benzene rings is 1. The number of nitrogens with one attached hydrogen (secondary N) is 1. The van der Waals surface area contributed by atoms with Gasteiger partial charge in [-0.2, -0.15) is 0 Å². The Kier molecular flexibility index (Phi) is 4.95. The normalized spacial score (nSPS) is 16.0. The van der Waals surface area contributed by atoms with E-state index in [1.54, 1.807) is 0 Å². The fourth-order valence-corrected chi connectivity index (χ4v) is 2.69. The van der Waals surface area contributed by atoms with Gasteiger partial charge in [0.2, 0.25) is 5.91 Å². The molecule has 0 radical (unpaired) electrons. The Morgan fingerprint density at radius 1 is 1.22 bits per heavy atom. The van der Waals surface area contributed by atoms with Gasteiger partial charge in [-0.15, -0.1) is 0 Å². The van der Waals surface area contributed by atoms with Crippen LogP contribution >= 0.6 is 0 Å². The van der Waals surface area contributed by atoms with Gasteiger partial charge in [0.15, 0.2) is 0 Å². The highest BCUT2D eigenvalue weighted by molar-refractivity contribution is 5.88. The summed E-state index contributed by atoms with van der Waals surface area (Å²) in [6.07, 6.45) is 0.540. The van der Waals surface area contributed by atoms with Crippen LogP contribution in [0.3, 0.4) is 0 Å². The first-order valence-corrected chi connectivity index (χ1v) is 8.16. The number of carbonyl (C=O) groups excluding carboxylic acids is 2. The van der Waals surface area contributed by atoms with Gasteiger partial charge in [0.05, 0.1) is 12.2 Å². The average molecular weight is 317 g/mol. The van der Waals surface area contributed by atoms with E-state index in [0.717, 1.165) is 5.56 Å². The maximum absolute atomic E-state index is 11.9. The van der Waals surface area contributed by atoms with E-state index >= 15 is 0 Å². The van der Waals surface area contributed by atoms with Crippen molar-refractivity contribution in [1.29, 1.82) is 0 Å². The van der Waals surface area contributed by atoms with Gasteiger partial charge in [-0.05, 0) is 30.5 Å². The van der Waals surface area contributed by atoms with Crippen molar-refractivity contribution in [1.82, 2.24) is 5.32 Å². The minimum atomic E-state index is -0.382. The molecule has 4 heteroatoms. The Morgan fingerprint density at radius 2 is 1.91 bits per heavy atom. The standard InChI is InChI=1S/C19H27NO3/c1-18(2,3)16(21)8-9-17(22)20-11-13-6-7-15-14(10-13)12-23-19(15,4)5/h6-7,10H,8-9,11-12H2,1-5H3,(H,20,22). The second kappa shape index (κ2) is 6.44. The Morgan fingerprint density at radius 3 is 2.57 bits per heavy atom. The molecule has 0 fully saturated rings. The molecule has 2 rings (SSSR count). The first-order valence-electron chi connectivity index (χ1n) is 8.16. The molecule has 23 heavy (non-hydrogen) atoms. The van der Waals surface area contributed by atoms with Gasteiger partial charge in [-0.1, -0.05) is 39.0 Å². The van der Waals surface area contributed by atoms with Crippen LogP contribution in [-0.2, 0) is 33.1 Å². The lowest BCUT2D eigenvalue weighted by atomic mass is 9.88. The van der Waals surface area contributed by atoms with E-state index in [2.05, 4.69) is 31.3 Å². The molecule has 126 valence electrons. The van der Waals surface area contributed by atoms with Gasteiger partial charge in [-0.25, -0.2) is 0 Å². The van der Waals surface area contributed by atoms with Crippen LogP contribution in [0.25, 0.3) is 0 Å². The van der Waals surface area contributed by atoms with Gasteiger partial charge in [0.25, 0.3) is 0 Å². The van der Waals surface area contributed by atoms with Crippen molar-refractivity contribution in [3.05, 3.63) is 34.9 Å². The number of Topliss-reactive ketones (excluding diaryl/α,β-unsaturated/α-hetero) is 1. The summed E-state index contributed by atoms with van der Waals surface area (Å²) in [6.45, 7) is 10.9. The Labute approximate surface area is 138 Å². The highest BCUT2D eigenvalue weighted by atomic mass is 16.5. The first kappa shape index (κ1) is 17.7. The molecular formula is C19H27NO3. The average Bonchev–Trinajstić information content (AvgIpc) is 2.76. The summed E-state index contributed by atoms with van der Waals surface area (Å²) in [6, 6.07) is 6.19. The van der Waals surface area contributed by atoms with Crippen LogP contribution in [-0.4, -0.2) is 11.7 Å². The van der Waals surface area contributed by atoms with Crippen LogP contribution in [0.5, 0.6) is 0 Å². The molecule has 1 aliphatic rings. The number of fused-ring (bicyclic) bond motifs is 1. The van der Waals surface area contributed by atoms with Gasteiger partial charge >= 0.3 is 0 Å². The summed E-state index contributed by atoms with van der Waals surface area (Å²) < 4.78 is 5.76. The Hall–Kier alpha value is -1.68. The number of ether oxygens (including phenoxy) is 1. The summed E-state index contributed by atoms with van der Waals surface area (Å²) in [5.74, 6) is 0.0317. The molecule has 1 N–H and O–H groups in total. The van der Waals surface area contributed by atoms with E-state index in [4.69, 9.17) is 4.74 Å². The number of ketones is 1. The Balaban J connectivity index is 1.85. The molecule has 1 amide bonds. The molecule has 4 nitrogen and oxygen atoms in total. The third-order valence-corrected chi connectivity index (χ3v) is 4.31. The summed E-state index contributed by atoms with van der Waals surface area (Å²) in [5, 5.41) is 2.89. The molecule has 0 saturated carbocycles. The van der Waals surface area contributed by atoms with Gasteiger partial charge in [0.1, 0.15) is 5.78 Å². The smallest absolute Gasteiger partial charge is 0.220 e. The molecule has 1 aromatic rings. The van der Waals surface area contributed by atoms with Crippen molar-refractivity contribution in [3.63, 3.8) is 0 Å². The summed E-state index contributed by atoms with van der Waals surface area (Å²) in [7, 11) is 0. The lowest BCUT2D eigenvalue weighted by molar-refractivity contribution is -0.129. The third-order valence-electron chi connectivity index (χ3n) is 4.31. The van der Waals surface area contributed by atoms with Crippen molar-refractivity contribution < 1.29 is 14.3 Å². The minimum absolute atomic E-state index is 0.0836. The molecule has 0 spiro atoms. The minimum Gasteiger partial charge on any atom is -0.366 e. The SMILES string of the molecule is CC(C)(C)C(=O)CCC(=O)NCc1ccc2c(c1)COC2(C)C. The number of amides is 1. The largest absolute Gasteiger partial charge is 0.366 e. The molecule has 0 saturated heterocycles. The van der Waals surface area contributed by atoms with E-state index in [-0.39, 0.29) is 29.1 Å². The van der Waals surface area contributed by atoms with E-state index < -0.39 is 0 Å². The zero-order chi connectivity index (χ0) is 17.3. The zero-order valence-corrected chi connectivity index (χ0v) is 14.8. The molecule has 0 bridgehead atoms. The molecule has 1 heterocycles. The van der Waals surface area contributed by atoms with Crippen molar-refractivity contribution in [2.75, 3.05) is 0 Å². The molecule has 1 aliphatic heterocycles. The van der Waals surface area contributed by atoms with E-state index in [1.807, 2.05) is 26.8 Å². The fraction of sp³-hybridized carbons (Fsp3) is 0.579. The molecular weight excluding hydrogens is 290 g/mol. The molecule has 0 aliphatic carbocycles. The van der Waals surface area contributed by atoms with Crippen LogP contribution in [0.15, 0.2) is 18.2 Å². The molecule has 1 aromatic carbocycles. The van der Waals surface area contributed by atoms with Crippen molar-refractivity contribution in [2.24, 2.45) is 5.41 Å². The fourth-order valence-electron chi connectivity index (χ4n) is 2.69. The van der Waals surface area contributed by atoms with Gasteiger partial charge in [0, 0.05) is 24.8 Å². The van der Waals surface area contributed by atoms with Crippen molar-refractivity contribution in [2.45, 2.75) is 66.2 Å². The number of hydrogen-bond acceptors (Lipinski definition) is 3. The zero-order valence-electron chi connectivity index (χ0n) is 14.8. The Bertz CT molecular complexity index is 612. The quantitative estimate of drug-likeness (QED) is 0.905. The predicted molar refractivity (Wildman–Crippen MR) is 89.8 cm³/mol. The molecule has 0 unspecified atom stereocenters. The summed E-state index contributed by atoms with van der Waals surface area (Å²) in [5.41, 5.74) is 2.84. The van der Waals surface area contributed by atoms with Crippen LogP contribution in [0, 0.1) is 5.41 Å². The monoisotopic (exact) mass is 317 g/mol. The lowest BCUT2D eigenvalue weighted by Crippen LogP contribution is -2.26. The predicted octanol–water partition coefficient (Wildman–Crippen LogP) is 3.46. The maximum Gasteiger partial charge on any atom is 0.220 e. The summed E-state index contributed by atoms with van der Waals surface area (Å²) >= 11 is 0. The van der Waals surface area contributed by atoms with E-state index in [0.29, 0.717) is 19.6 Å². The molecule has 0 aromatic heterocycles. The second-order valence-electron chi connectivity index (χ2n) is 7.74.